The molecule has 1 saturated heterocycles. The van der Waals surface area contributed by atoms with Gasteiger partial charge in [-0.1, -0.05) is 11.6 Å². The predicted octanol–water partition coefficient (Wildman–Crippen LogP) is 4.65. The number of nitrogens with zero attached hydrogens (tertiary/aromatic N) is 3. The topological polar surface area (TPSA) is 123 Å². The van der Waals surface area contributed by atoms with Crippen molar-refractivity contribution in [3.8, 4) is 11.5 Å². The van der Waals surface area contributed by atoms with Gasteiger partial charge in [-0.3, -0.25) is 19.7 Å². The van der Waals surface area contributed by atoms with Crippen molar-refractivity contribution in [2.45, 2.75) is 32.0 Å². The number of anilines is 2. The number of carbonyl (C=O) groups excluding carboxylic acids is 3. The van der Waals surface area contributed by atoms with Crippen LogP contribution in [0.5, 0.6) is 11.5 Å². The lowest BCUT2D eigenvalue weighted by atomic mass is 10.0. The molecule has 1 fully saturated rings. The maximum absolute atomic E-state index is 15.2. The minimum atomic E-state index is -0.848. The maximum Gasteiger partial charge on any atom is 0.258 e. The highest BCUT2D eigenvalue weighted by Crippen LogP contribution is 2.36. The average molecular weight is 594 g/mol. The number of aromatic nitrogens is 2. The van der Waals surface area contributed by atoms with E-state index in [1.807, 2.05) is 0 Å². The highest BCUT2D eigenvalue weighted by atomic mass is 35.5. The monoisotopic (exact) mass is 593 g/mol. The summed E-state index contributed by atoms with van der Waals surface area (Å²) in [5.41, 5.74) is 1.83. The Bertz CT molecular complexity index is 1790. The van der Waals surface area contributed by atoms with Crippen LogP contribution in [0.4, 0.5) is 20.3 Å². The molecule has 0 bridgehead atoms. The van der Waals surface area contributed by atoms with E-state index in [0.29, 0.717) is 45.0 Å². The molecular weight excluding hydrogens is 572 g/mol. The first-order valence-electron chi connectivity index (χ1n) is 12.9. The molecule has 2 aliphatic rings. The van der Waals surface area contributed by atoms with Gasteiger partial charge in [-0.15, -0.1) is 0 Å². The molecule has 0 spiro atoms. The summed E-state index contributed by atoms with van der Waals surface area (Å²) < 4.78 is 40.3. The van der Waals surface area contributed by atoms with E-state index in [1.165, 1.54) is 42.6 Å². The van der Waals surface area contributed by atoms with Crippen molar-refractivity contribution in [2.24, 2.45) is 0 Å². The Labute approximate surface area is 242 Å². The SMILES string of the molecule is COc1cc2ncnc(Nc3ccc(F)c(Cl)c3)c2cc1OCc1cc(F)c2c(c1)CN(C1CCC(=O)NC1=O)C2=O. The molecule has 3 aromatic carbocycles. The number of rotatable bonds is 7. The van der Waals surface area contributed by atoms with E-state index >= 15 is 4.39 Å². The third kappa shape index (κ3) is 5.05. The zero-order valence-corrected chi connectivity index (χ0v) is 22.8. The highest BCUT2D eigenvalue weighted by Gasteiger charge is 2.40. The number of hydrogen-bond donors (Lipinski definition) is 2. The third-order valence-electron chi connectivity index (χ3n) is 7.13. The highest BCUT2D eigenvalue weighted by molar-refractivity contribution is 6.31. The summed E-state index contributed by atoms with van der Waals surface area (Å²) in [6, 6.07) is 9.54. The summed E-state index contributed by atoms with van der Waals surface area (Å²) in [5.74, 6) is -1.74. The molecule has 3 amide bonds. The van der Waals surface area contributed by atoms with E-state index in [2.05, 4.69) is 20.6 Å². The molecule has 42 heavy (non-hydrogen) atoms. The number of nitrogens with one attached hydrogen (secondary N) is 2. The third-order valence-corrected chi connectivity index (χ3v) is 7.42. The number of fused-ring (bicyclic) bond motifs is 2. The van der Waals surface area contributed by atoms with Crippen LogP contribution in [0.15, 0.2) is 48.8 Å². The second kappa shape index (κ2) is 10.9. The standard InChI is InChI=1S/C29H22ClF2N5O5/c1-41-23-10-21-17(27(34-13-33-21)35-16-2-3-19(31)18(30)8-16)9-24(23)42-12-14-6-15-11-37(29(40)26(15)20(32)7-14)22-4-5-25(38)36-28(22)39/h2-3,6-10,13,22H,4-5,11-12H2,1H3,(H,33,34,35)(H,36,38,39). The fourth-order valence-electron chi connectivity index (χ4n) is 5.11. The Morgan fingerprint density at radius 1 is 1.07 bits per heavy atom. The van der Waals surface area contributed by atoms with E-state index in [-0.39, 0.29) is 36.6 Å². The van der Waals surface area contributed by atoms with Crippen LogP contribution in [-0.2, 0) is 22.7 Å². The Kier molecular flexibility index (Phi) is 7.07. The molecule has 0 radical (unpaired) electrons. The molecule has 0 saturated carbocycles. The molecular formula is C29H22ClF2N5O5. The van der Waals surface area contributed by atoms with Gasteiger partial charge >= 0.3 is 0 Å². The van der Waals surface area contributed by atoms with Gasteiger partial charge < -0.3 is 19.7 Å². The minimum absolute atomic E-state index is 0.0320. The van der Waals surface area contributed by atoms with Crippen LogP contribution in [0.25, 0.3) is 10.9 Å². The lowest BCUT2D eigenvalue weighted by Gasteiger charge is -2.29. The number of amides is 3. The summed E-state index contributed by atoms with van der Waals surface area (Å²) >= 11 is 5.91. The fraction of sp³-hybridized carbons (Fsp3) is 0.207. The van der Waals surface area contributed by atoms with Crippen LogP contribution >= 0.6 is 11.6 Å². The van der Waals surface area contributed by atoms with Gasteiger partial charge in [0, 0.05) is 30.1 Å². The van der Waals surface area contributed by atoms with Crippen LogP contribution < -0.4 is 20.1 Å². The molecule has 6 rings (SSSR count). The second-order valence-corrected chi connectivity index (χ2v) is 10.2. The van der Waals surface area contributed by atoms with Gasteiger partial charge in [0.05, 0.1) is 23.2 Å². The first kappa shape index (κ1) is 27.3. The Morgan fingerprint density at radius 2 is 1.90 bits per heavy atom. The van der Waals surface area contributed by atoms with Gasteiger partial charge in [-0.05, 0) is 53.9 Å². The normalized spacial score (nSPS) is 16.4. The summed E-state index contributed by atoms with van der Waals surface area (Å²) in [7, 11) is 1.47. The number of carbonyl (C=O) groups is 3. The zero-order valence-electron chi connectivity index (χ0n) is 22.0. The molecule has 4 aromatic rings. The van der Waals surface area contributed by atoms with Crippen LogP contribution in [0.1, 0.15) is 34.3 Å². The molecule has 1 aromatic heterocycles. The fourth-order valence-corrected chi connectivity index (χ4v) is 5.29. The van der Waals surface area contributed by atoms with Gasteiger partial charge in [-0.2, -0.15) is 0 Å². The lowest BCUT2D eigenvalue weighted by Crippen LogP contribution is -2.52. The van der Waals surface area contributed by atoms with Crippen molar-refractivity contribution in [2.75, 3.05) is 12.4 Å². The zero-order chi connectivity index (χ0) is 29.5. The maximum atomic E-state index is 15.2. The van der Waals surface area contributed by atoms with Crippen LogP contribution in [0.3, 0.4) is 0 Å². The largest absolute Gasteiger partial charge is 0.493 e. The predicted molar refractivity (Wildman–Crippen MR) is 148 cm³/mol. The summed E-state index contributed by atoms with van der Waals surface area (Å²) in [5, 5.41) is 5.85. The van der Waals surface area contributed by atoms with Crippen LogP contribution in [0.2, 0.25) is 5.02 Å². The van der Waals surface area contributed by atoms with E-state index in [4.69, 9.17) is 21.1 Å². The van der Waals surface area contributed by atoms with Gasteiger partial charge in [-0.25, -0.2) is 18.7 Å². The van der Waals surface area contributed by atoms with Gasteiger partial charge in [0.25, 0.3) is 5.91 Å². The molecule has 3 heterocycles. The van der Waals surface area contributed by atoms with Gasteiger partial charge in [0.15, 0.2) is 11.5 Å². The minimum Gasteiger partial charge on any atom is -0.493 e. The summed E-state index contributed by atoms with van der Waals surface area (Å²) in [6.45, 7) is -0.0348. The lowest BCUT2D eigenvalue weighted by molar-refractivity contribution is -0.136. The molecule has 1 unspecified atom stereocenters. The number of hydrogen-bond acceptors (Lipinski definition) is 8. The summed E-state index contributed by atoms with van der Waals surface area (Å²) in [4.78, 5) is 46.7. The Hall–Kier alpha value is -4.84. The van der Waals surface area contributed by atoms with Crippen molar-refractivity contribution in [3.05, 3.63) is 82.1 Å². The molecule has 214 valence electrons. The number of imide groups is 1. The number of piperidine rings is 1. The van der Waals surface area contributed by atoms with Crippen LogP contribution in [-0.4, -0.2) is 45.7 Å². The summed E-state index contributed by atoms with van der Waals surface area (Å²) in [6.07, 6.45) is 1.65. The molecule has 13 heteroatoms. The first-order valence-corrected chi connectivity index (χ1v) is 13.2. The van der Waals surface area contributed by atoms with E-state index < -0.39 is 35.4 Å². The average Bonchev–Trinajstić information content (AvgIpc) is 3.29. The Morgan fingerprint density at radius 3 is 2.67 bits per heavy atom. The molecule has 2 aliphatic heterocycles. The smallest absolute Gasteiger partial charge is 0.258 e. The van der Waals surface area contributed by atoms with Crippen molar-refractivity contribution in [1.29, 1.82) is 0 Å². The van der Waals surface area contributed by atoms with Gasteiger partial charge in [0.1, 0.15) is 36.4 Å². The van der Waals surface area contributed by atoms with Crippen molar-refractivity contribution in [3.63, 3.8) is 0 Å². The van der Waals surface area contributed by atoms with Crippen molar-refractivity contribution in [1.82, 2.24) is 20.2 Å². The van der Waals surface area contributed by atoms with Crippen molar-refractivity contribution >= 4 is 51.7 Å². The number of methoxy groups -OCH3 is 1. The van der Waals surface area contributed by atoms with Gasteiger partial charge in [0.2, 0.25) is 11.8 Å². The van der Waals surface area contributed by atoms with Crippen LogP contribution in [0, 0.1) is 11.6 Å². The van der Waals surface area contributed by atoms with E-state index in [9.17, 15) is 18.8 Å². The number of ether oxygens (including phenoxy) is 2. The second-order valence-electron chi connectivity index (χ2n) is 9.80. The van der Waals surface area contributed by atoms with E-state index in [1.54, 1.807) is 18.2 Å². The Balaban J connectivity index is 1.25. The quantitative estimate of drug-likeness (QED) is 0.297. The molecule has 0 aliphatic carbocycles. The molecule has 10 nitrogen and oxygen atoms in total. The molecule has 1 atom stereocenters. The van der Waals surface area contributed by atoms with Crippen molar-refractivity contribution < 1.29 is 32.6 Å². The first-order chi connectivity index (χ1) is 20.2. The molecule has 2 N–H and O–H groups in total. The number of halogens is 3. The number of benzene rings is 3. The van der Waals surface area contributed by atoms with E-state index in [0.717, 1.165) is 0 Å².